The highest BCUT2D eigenvalue weighted by Gasteiger charge is 2.19. The molecule has 1 amide bonds. The molecule has 8 heteroatoms. The second-order valence-electron chi connectivity index (χ2n) is 4.19. The molecule has 0 aliphatic heterocycles. The van der Waals surface area contributed by atoms with E-state index in [1.165, 1.54) is 20.2 Å². The smallest absolute Gasteiger partial charge is 0.243 e. The van der Waals surface area contributed by atoms with Crippen LogP contribution in [0.2, 0.25) is 0 Å². The lowest BCUT2D eigenvalue weighted by atomic mass is 10.2. The van der Waals surface area contributed by atoms with Crippen LogP contribution in [0.3, 0.4) is 0 Å². The van der Waals surface area contributed by atoms with Gasteiger partial charge in [0.2, 0.25) is 15.9 Å². The van der Waals surface area contributed by atoms with Crippen LogP contribution in [-0.2, 0) is 19.6 Å². The maximum atomic E-state index is 11.8. The molecule has 1 aromatic carbocycles. The van der Waals surface area contributed by atoms with Gasteiger partial charge in [0.05, 0.1) is 11.5 Å². The van der Waals surface area contributed by atoms with Crippen LogP contribution in [0.1, 0.15) is 5.56 Å². The Morgan fingerprint density at radius 2 is 2.10 bits per heavy atom. The van der Waals surface area contributed by atoms with Crippen LogP contribution in [0.15, 0.2) is 23.1 Å². The van der Waals surface area contributed by atoms with E-state index in [1.807, 2.05) is 0 Å². The zero-order chi connectivity index (χ0) is 15.3. The normalized spacial score (nSPS) is 13.0. The summed E-state index contributed by atoms with van der Waals surface area (Å²) in [7, 11) is -0.804. The molecule has 4 N–H and O–H groups in total. The number of sulfonamides is 1. The summed E-state index contributed by atoms with van der Waals surface area (Å²) in [5.41, 5.74) is 6.45. The zero-order valence-corrected chi connectivity index (χ0v) is 12.5. The second-order valence-corrected chi connectivity index (χ2v) is 6.04. The number of nitrogens with two attached hydrogens (primary N) is 1. The van der Waals surface area contributed by atoms with Crippen molar-refractivity contribution >= 4 is 21.6 Å². The molecule has 112 valence electrons. The molecule has 7 nitrogen and oxygen atoms in total. The van der Waals surface area contributed by atoms with Gasteiger partial charge in [-0.1, -0.05) is 6.07 Å². The first kappa shape index (κ1) is 16.6. The summed E-state index contributed by atoms with van der Waals surface area (Å²) in [6.45, 7) is 1.70. The number of nitrogens with one attached hydrogen (secondary N) is 2. The standard InChI is InChI=1S/C12H19N3O4S/c1-8-10(15-12(16)9(13)7-19-3)5-4-6-11(8)20(17,18)14-2/h4-6,9,14H,7,13H2,1-3H3,(H,15,16). The van der Waals surface area contributed by atoms with Crippen LogP contribution in [0, 0.1) is 6.92 Å². The highest BCUT2D eigenvalue weighted by atomic mass is 32.2. The monoisotopic (exact) mass is 301 g/mol. The third-order valence-electron chi connectivity index (χ3n) is 2.78. The van der Waals surface area contributed by atoms with Crippen LogP contribution in [0.25, 0.3) is 0 Å². The molecule has 0 radical (unpaired) electrons. The molecule has 0 bridgehead atoms. The number of anilines is 1. The summed E-state index contributed by atoms with van der Waals surface area (Å²) in [5.74, 6) is -0.436. The number of carbonyl (C=O) groups is 1. The van der Waals surface area contributed by atoms with Crippen molar-refractivity contribution in [1.29, 1.82) is 0 Å². The van der Waals surface area contributed by atoms with Crippen LogP contribution in [-0.4, -0.2) is 41.1 Å². The van der Waals surface area contributed by atoms with Gasteiger partial charge in [-0.15, -0.1) is 0 Å². The number of hydrogen-bond donors (Lipinski definition) is 3. The zero-order valence-electron chi connectivity index (χ0n) is 11.6. The highest BCUT2D eigenvalue weighted by Crippen LogP contribution is 2.22. The molecule has 0 saturated carbocycles. The van der Waals surface area contributed by atoms with E-state index in [1.54, 1.807) is 19.1 Å². The largest absolute Gasteiger partial charge is 0.383 e. The summed E-state index contributed by atoms with van der Waals surface area (Å²) >= 11 is 0. The van der Waals surface area contributed by atoms with Gasteiger partial charge in [-0.2, -0.15) is 0 Å². The Balaban J connectivity index is 3.05. The van der Waals surface area contributed by atoms with Crippen molar-refractivity contribution in [1.82, 2.24) is 4.72 Å². The first-order valence-corrected chi connectivity index (χ1v) is 7.40. The van der Waals surface area contributed by atoms with Gasteiger partial charge in [-0.25, -0.2) is 13.1 Å². The Bertz CT molecular complexity index is 586. The van der Waals surface area contributed by atoms with Crippen molar-refractivity contribution < 1.29 is 17.9 Å². The summed E-state index contributed by atoms with van der Waals surface area (Å²) < 4.78 is 30.7. The Hall–Kier alpha value is -1.48. The van der Waals surface area contributed by atoms with E-state index in [0.29, 0.717) is 11.3 Å². The third kappa shape index (κ3) is 3.76. The number of methoxy groups -OCH3 is 1. The van der Waals surface area contributed by atoms with Crippen LogP contribution in [0.5, 0.6) is 0 Å². The molecule has 0 aliphatic rings. The number of hydrogen-bond acceptors (Lipinski definition) is 5. The summed E-state index contributed by atoms with van der Waals surface area (Å²) in [6, 6.07) is 3.81. The van der Waals surface area contributed by atoms with E-state index < -0.39 is 22.0 Å². The molecule has 0 aromatic heterocycles. The van der Waals surface area contributed by atoms with Gasteiger partial charge in [0, 0.05) is 12.8 Å². The first-order chi connectivity index (χ1) is 9.33. The predicted molar refractivity (Wildman–Crippen MR) is 75.9 cm³/mol. The molecule has 0 saturated heterocycles. The molecule has 1 rings (SSSR count). The maximum absolute atomic E-state index is 11.8. The van der Waals surface area contributed by atoms with Crippen molar-refractivity contribution in [2.75, 3.05) is 26.1 Å². The lowest BCUT2D eigenvalue weighted by Gasteiger charge is -2.15. The second kappa shape index (κ2) is 6.80. The SMILES string of the molecule is CNS(=O)(=O)c1cccc(NC(=O)C(N)COC)c1C. The van der Waals surface area contributed by atoms with Crippen molar-refractivity contribution in [2.24, 2.45) is 5.73 Å². The Morgan fingerprint density at radius 3 is 2.65 bits per heavy atom. The van der Waals surface area contributed by atoms with Crippen molar-refractivity contribution in [3.8, 4) is 0 Å². The van der Waals surface area contributed by atoms with E-state index in [0.717, 1.165) is 0 Å². The number of amides is 1. The molecular weight excluding hydrogens is 282 g/mol. The average Bonchev–Trinajstić information content (AvgIpc) is 2.41. The number of carbonyl (C=O) groups excluding carboxylic acids is 1. The fourth-order valence-electron chi connectivity index (χ4n) is 1.63. The minimum atomic E-state index is -3.57. The van der Waals surface area contributed by atoms with Crippen LogP contribution in [0.4, 0.5) is 5.69 Å². The van der Waals surface area contributed by atoms with E-state index in [4.69, 9.17) is 10.5 Å². The molecule has 20 heavy (non-hydrogen) atoms. The van der Waals surface area contributed by atoms with Crippen molar-refractivity contribution in [2.45, 2.75) is 17.9 Å². The summed E-state index contributed by atoms with van der Waals surface area (Å²) in [4.78, 5) is 11.9. The van der Waals surface area contributed by atoms with Crippen LogP contribution >= 0.6 is 0 Å². The molecule has 1 unspecified atom stereocenters. The van der Waals surface area contributed by atoms with Gasteiger partial charge >= 0.3 is 0 Å². The fourth-order valence-corrected chi connectivity index (χ4v) is 2.62. The van der Waals surface area contributed by atoms with E-state index >= 15 is 0 Å². The molecule has 0 aliphatic carbocycles. The number of benzene rings is 1. The summed E-state index contributed by atoms with van der Waals surface area (Å²) in [5, 5.41) is 2.60. The fraction of sp³-hybridized carbons (Fsp3) is 0.417. The summed E-state index contributed by atoms with van der Waals surface area (Å²) in [6.07, 6.45) is 0. The van der Waals surface area contributed by atoms with Gasteiger partial charge in [0.25, 0.3) is 0 Å². The van der Waals surface area contributed by atoms with Crippen molar-refractivity contribution in [3.63, 3.8) is 0 Å². The van der Waals surface area contributed by atoms with Crippen LogP contribution < -0.4 is 15.8 Å². The van der Waals surface area contributed by atoms with E-state index in [9.17, 15) is 13.2 Å². The minimum Gasteiger partial charge on any atom is -0.383 e. The predicted octanol–water partition coefficient (Wildman–Crippen LogP) is -0.185. The first-order valence-electron chi connectivity index (χ1n) is 5.92. The molecule has 1 atom stereocenters. The molecule has 0 spiro atoms. The molecular formula is C12H19N3O4S. The van der Waals surface area contributed by atoms with Gasteiger partial charge in [0.1, 0.15) is 6.04 Å². The topological polar surface area (TPSA) is 111 Å². The molecule has 0 fully saturated rings. The van der Waals surface area contributed by atoms with E-state index in [-0.39, 0.29) is 11.5 Å². The van der Waals surface area contributed by atoms with Gasteiger partial charge < -0.3 is 15.8 Å². The van der Waals surface area contributed by atoms with E-state index in [2.05, 4.69) is 10.0 Å². The minimum absolute atomic E-state index is 0.0827. The number of ether oxygens (including phenoxy) is 1. The quantitative estimate of drug-likeness (QED) is 0.675. The Morgan fingerprint density at radius 1 is 1.45 bits per heavy atom. The Kier molecular flexibility index (Phi) is 5.63. The van der Waals surface area contributed by atoms with Gasteiger partial charge in [0.15, 0.2) is 0 Å². The third-order valence-corrected chi connectivity index (χ3v) is 4.34. The van der Waals surface area contributed by atoms with Crippen molar-refractivity contribution in [3.05, 3.63) is 23.8 Å². The lowest BCUT2D eigenvalue weighted by molar-refractivity contribution is -0.118. The lowest BCUT2D eigenvalue weighted by Crippen LogP contribution is -2.39. The average molecular weight is 301 g/mol. The Labute approximate surface area is 118 Å². The van der Waals surface area contributed by atoms with Gasteiger partial charge in [-0.05, 0) is 31.7 Å². The van der Waals surface area contributed by atoms with Gasteiger partial charge in [-0.3, -0.25) is 4.79 Å². The highest BCUT2D eigenvalue weighted by molar-refractivity contribution is 7.89. The maximum Gasteiger partial charge on any atom is 0.243 e. The number of rotatable bonds is 6. The molecule has 0 heterocycles. The molecule has 1 aromatic rings.